The third-order valence-corrected chi connectivity index (χ3v) is 6.32. The third-order valence-electron chi connectivity index (χ3n) is 5.22. The van der Waals surface area contributed by atoms with Crippen LogP contribution >= 0.6 is 22.9 Å². The Morgan fingerprint density at radius 1 is 1.32 bits per heavy atom. The number of amides is 1. The minimum Gasteiger partial charge on any atom is -0.395 e. The SMILES string of the molecule is C=C(Cl)/C(NC(=O)c1cnc(Nc2cc(N3CCN(CCO)CC3)nc(C)n2)s1)=C(C)\C=C/C. The predicted octanol–water partition coefficient (Wildman–Crippen LogP) is 3.43. The molecule has 3 heterocycles. The maximum atomic E-state index is 12.7. The molecule has 3 rings (SSSR count). The van der Waals surface area contributed by atoms with E-state index in [1.54, 1.807) is 0 Å². The van der Waals surface area contributed by atoms with Gasteiger partial charge in [-0.05, 0) is 26.3 Å². The lowest BCUT2D eigenvalue weighted by atomic mass is 10.2. The van der Waals surface area contributed by atoms with Crippen LogP contribution in [0.4, 0.5) is 16.8 Å². The standard InChI is InChI=1S/C23H30ClN7O2S/c1-5-6-15(2)21(16(3)24)29-22(33)18-14-25-23(34-18)28-19-13-20(27-17(4)26-19)31-9-7-30(8-10-31)11-12-32/h5-6,13-14,32H,3,7-12H2,1-2,4H3,(H,29,33)(H,25,26,27,28)/b6-5-,21-15+. The lowest BCUT2D eigenvalue weighted by Crippen LogP contribution is -2.47. The van der Waals surface area contributed by atoms with Gasteiger partial charge in [0.05, 0.1) is 23.5 Å². The topological polar surface area (TPSA) is 107 Å². The summed E-state index contributed by atoms with van der Waals surface area (Å²) in [5.41, 5.74) is 1.28. The lowest BCUT2D eigenvalue weighted by molar-refractivity contribution is 0.0970. The number of carbonyl (C=O) groups excluding carboxylic acids is 1. The Morgan fingerprint density at radius 3 is 2.71 bits per heavy atom. The summed E-state index contributed by atoms with van der Waals surface area (Å²) in [6, 6.07) is 1.88. The number of piperazine rings is 1. The van der Waals surface area contributed by atoms with Crippen molar-refractivity contribution >= 4 is 45.6 Å². The van der Waals surface area contributed by atoms with Crippen LogP contribution in [0.2, 0.25) is 0 Å². The highest BCUT2D eigenvalue weighted by Gasteiger charge is 2.19. The minimum absolute atomic E-state index is 0.169. The average Bonchev–Trinajstić information content (AvgIpc) is 3.26. The highest BCUT2D eigenvalue weighted by Crippen LogP contribution is 2.25. The van der Waals surface area contributed by atoms with Crippen LogP contribution in [0.3, 0.4) is 0 Å². The number of thiazole rings is 1. The number of halogens is 1. The summed E-state index contributed by atoms with van der Waals surface area (Å²) in [4.78, 5) is 31.0. The Balaban J connectivity index is 1.69. The van der Waals surface area contributed by atoms with Crippen LogP contribution < -0.4 is 15.5 Å². The van der Waals surface area contributed by atoms with Crippen molar-refractivity contribution in [2.75, 3.05) is 49.5 Å². The number of anilines is 3. The van der Waals surface area contributed by atoms with Crippen LogP contribution in [-0.2, 0) is 0 Å². The monoisotopic (exact) mass is 503 g/mol. The maximum absolute atomic E-state index is 12.7. The number of aromatic nitrogens is 3. The molecule has 0 spiro atoms. The van der Waals surface area contributed by atoms with E-state index in [9.17, 15) is 4.79 Å². The largest absolute Gasteiger partial charge is 0.395 e. The number of hydrogen-bond acceptors (Lipinski definition) is 9. The zero-order valence-corrected chi connectivity index (χ0v) is 21.2. The van der Waals surface area contributed by atoms with E-state index in [-0.39, 0.29) is 17.5 Å². The summed E-state index contributed by atoms with van der Waals surface area (Å²) in [5.74, 6) is 1.77. The first-order valence-electron chi connectivity index (χ1n) is 11.0. The fourth-order valence-electron chi connectivity index (χ4n) is 3.56. The first-order valence-corrected chi connectivity index (χ1v) is 12.2. The normalized spacial score (nSPS) is 15.4. The second-order valence-electron chi connectivity index (χ2n) is 7.78. The molecule has 1 aliphatic heterocycles. The lowest BCUT2D eigenvalue weighted by Gasteiger charge is -2.35. The number of aryl methyl sites for hydroxylation is 1. The molecular formula is C23H30ClN7O2S. The summed E-state index contributed by atoms with van der Waals surface area (Å²) >= 11 is 7.29. The molecule has 1 saturated heterocycles. The molecule has 2 aromatic heterocycles. The Bertz CT molecular complexity index is 1090. The molecule has 3 N–H and O–H groups in total. The summed E-state index contributed by atoms with van der Waals surface area (Å²) in [7, 11) is 0. The van der Waals surface area contributed by atoms with E-state index in [2.05, 4.69) is 42.0 Å². The second kappa shape index (κ2) is 12.1. The second-order valence-corrected chi connectivity index (χ2v) is 9.27. The van der Waals surface area contributed by atoms with Gasteiger partial charge in [0.25, 0.3) is 5.91 Å². The van der Waals surface area contributed by atoms with Gasteiger partial charge >= 0.3 is 0 Å². The number of aliphatic hydroxyl groups excluding tert-OH is 1. The molecule has 0 aliphatic carbocycles. The fourth-order valence-corrected chi connectivity index (χ4v) is 4.47. The predicted molar refractivity (Wildman–Crippen MR) is 138 cm³/mol. The molecule has 0 saturated carbocycles. The number of nitrogens with zero attached hydrogens (tertiary/aromatic N) is 5. The van der Waals surface area contributed by atoms with Gasteiger partial charge < -0.3 is 20.6 Å². The van der Waals surface area contributed by atoms with Crippen molar-refractivity contribution in [3.05, 3.63) is 58.0 Å². The highest BCUT2D eigenvalue weighted by molar-refractivity contribution is 7.17. The van der Waals surface area contributed by atoms with Gasteiger partial charge in [-0.25, -0.2) is 15.0 Å². The van der Waals surface area contributed by atoms with Gasteiger partial charge in [0.15, 0.2) is 5.13 Å². The third kappa shape index (κ3) is 6.86. The van der Waals surface area contributed by atoms with Crippen LogP contribution in [0, 0.1) is 6.92 Å². The van der Waals surface area contributed by atoms with Crippen molar-refractivity contribution < 1.29 is 9.90 Å². The van der Waals surface area contributed by atoms with Gasteiger partial charge in [0, 0.05) is 38.8 Å². The highest BCUT2D eigenvalue weighted by atomic mass is 35.5. The molecule has 0 radical (unpaired) electrons. The molecule has 1 aliphatic rings. The van der Waals surface area contributed by atoms with Gasteiger partial charge in [-0.15, -0.1) is 0 Å². The molecule has 0 aromatic carbocycles. The summed E-state index contributed by atoms with van der Waals surface area (Å²) in [5, 5.41) is 15.9. The number of nitrogens with one attached hydrogen (secondary N) is 2. The Kier molecular flexibility index (Phi) is 9.17. The van der Waals surface area contributed by atoms with E-state index in [0.29, 0.717) is 33.9 Å². The number of aliphatic hydroxyl groups is 1. The molecule has 11 heteroatoms. The average molecular weight is 504 g/mol. The van der Waals surface area contributed by atoms with Crippen molar-refractivity contribution in [3.8, 4) is 0 Å². The Morgan fingerprint density at radius 2 is 2.06 bits per heavy atom. The van der Waals surface area contributed by atoms with Gasteiger partial charge in [0.1, 0.15) is 22.3 Å². The van der Waals surface area contributed by atoms with Crippen molar-refractivity contribution in [2.45, 2.75) is 20.8 Å². The number of allylic oxidation sites excluding steroid dienone is 4. The van der Waals surface area contributed by atoms with Crippen molar-refractivity contribution in [1.29, 1.82) is 0 Å². The number of rotatable bonds is 9. The van der Waals surface area contributed by atoms with Crippen LogP contribution in [0.1, 0.15) is 29.3 Å². The van der Waals surface area contributed by atoms with E-state index in [4.69, 9.17) is 16.7 Å². The summed E-state index contributed by atoms with van der Waals surface area (Å²) < 4.78 is 0. The van der Waals surface area contributed by atoms with Crippen molar-refractivity contribution in [3.63, 3.8) is 0 Å². The van der Waals surface area contributed by atoms with E-state index in [1.165, 1.54) is 17.5 Å². The molecule has 182 valence electrons. The molecule has 0 unspecified atom stereocenters. The quantitative estimate of drug-likeness (QED) is 0.447. The number of carbonyl (C=O) groups is 1. The van der Waals surface area contributed by atoms with Crippen LogP contribution in [0.5, 0.6) is 0 Å². The molecule has 0 bridgehead atoms. The zero-order valence-electron chi connectivity index (χ0n) is 19.6. The molecule has 2 aromatic rings. The van der Waals surface area contributed by atoms with E-state index in [1.807, 2.05) is 39.0 Å². The van der Waals surface area contributed by atoms with Gasteiger partial charge in [-0.2, -0.15) is 0 Å². The van der Waals surface area contributed by atoms with E-state index >= 15 is 0 Å². The van der Waals surface area contributed by atoms with Crippen LogP contribution in [0.25, 0.3) is 0 Å². The van der Waals surface area contributed by atoms with Gasteiger partial charge in [0.2, 0.25) is 0 Å². The molecular weight excluding hydrogens is 474 g/mol. The van der Waals surface area contributed by atoms with Crippen molar-refractivity contribution in [1.82, 2.24) is 25.2 Å². The molecule has 34 heavy (non-hydrogen) atoms. The summed E-state index contributed by atoms with van der Waals surface area (Å²) in [6.45, 7) is 13.6. The Labute approximate surface area is 208 Å². The number of hydrogen-bond donors (Lipinski definition) is 3. The molecule has 9 nitrogen and oxygen atoms in total. The van der Waals surface area contributed by atoms with E-state index < -0.39 is 0 Å². The summed E-state index contributed by atoms with van der Waals surface area (Å²) in [6.07, 6.45) is 5.23. The first-order chi connectivity index (χ1) is 16.3. The molecule has 0 atom stereocenters. The van der Waals surface area contributed by atoms with Gasteiger partial charge in [-0.1, -0.05) is 41.7 Å². The minimum atomic E-state index is -0.313. The Hall–Kier alpha value is -2.79. The molecule has 1 amide bonds. The first kappa shape index (κ1) is 25.8. The van der Waals surface area contributed by atoms with E-state index in [0.717, 1.165) is 37.6 Å². The maximum Gasteiger partial charge on any atom is 0.267 e. The zero-order chi connectivity index (χ0) is 24.7. The fraction of sp³-hybridized carbons (Fsp3) is 0.391. The molecule has 1 fully saturated rings. The van der Waals surface area contributed by atoms with Crippen molar-refractivity contribution in [2.24, 2.45) is 0 Å². The smallest absolute Gasteiger partial charge is 0.267 e. The van der Waals surface area contributed by atoms with Gasteiger partial charge in [-0.3, -0.25) is 9.69 Å². The number of β-amino-alcohol motifs (C(OH)–C–C–N with tert-alkyl or cyclic N) is 1. The van der Waals surface area contributed by atoms with Crippen LogP contribution in [0.15, 0.2) is 47.3 Å². The van der Waals surface area contributed by atoms with Crippen LogP contribution in [-0.4, -0.2) is 70.2 Å².